The second kappa shape index (κ2) is 8.57. The van der Waals surface area contributed by atoms with Crippen molar-refractivity contribution in [3.05, 3.63) is 35.7 Å². The number of amides is 2. The largest absolute Gasteiger partial charge is 0.497 e. The number of aryl methyl sites for hydroxylation is 2. The molecule has 1 aromatic heterocycles. The molecule has 1 aromatic carbocycles. The predicted octanol–water partition coefficient (Wildman–Crippen LogP) is 1.89. The maximum atomic E-state index is 12.0. The molecule has 7 nitrogen and oxygen atoms in total. The Morgan fingerprint density at radius 3 is 2.44 bits per heavy atom. The van der Waals surface area contributed by atoms with Gasteiger partial charge in [0, 0.05) is 11.9 Å². The molecule has 0 aliphatic heterocycles. The molecule has 8 heteroatoms. The lowest BCUT2D eigenvalue weighted by atomic mass is 10.3. The minimum Gasteiger partial charge on any atom is -0.497 e. The van der Waals surface area contributed by atoms with Gasteiger partial charge in [-0.3, -0.25) is 14.3 Å². The summed E-state index contributed by atoms with van der Waals surface area (Å²) in [6, 6.07) is 7.45. The number of hydrogen-bond acceptors (Lipinski definition) is 5. The van der Waals surface area contributed by atoms with E-state index in [1.807, 2.05) is 45.2 Å². The first-order chi connectivity index (χ1) is 11.9. The molecule has 134 valence electrons. The number of aromatic nitrogens is 2. The Morgan fingerprint density at radius 1 is 1.20 bits per heavy atom. The molecular weight excluding hydrogens is 340 g/mol. The maximum Gasteiger partial charge on any atom is 0.243 e. The standard InChI is InChI=1S/C17H22N4O3S/c1-11-17(12(2)21(3)20-11)19-15(22)9-18-16(23)10-25-14-7-5-13(24-4)6-8-14/h5-8H,9-10H2,1-4H3,(H,18,23)(H,19,22). The van der Waals surface area contributed by atoms with Gasteiger partial charge >= 0.3 is 0 Å². The van der Waals surface area contributed by atoms with Crippen LogP contribution in [0.2, 0.25) is 0 Å². The van der Waals surface area contributed by atoms with Crippen molar-refractivity contribution < 1.29 is 14.3 Å². The lowest BCUT2D eigenvalue weighted by molar-refractivity contribution is -0.122. The van der Waals surface area contributed by atoms with E-state index in [0.717, 1.165) is 22.0 Å². The van der Waals surface area contributed by atoms with Gasteiger partial charge < -0.3 is 15.4 Å². The van der Waals surface area contributed by atoms with Crippen LogP contribution >= 0.6 is 11.8 Å². The molecule has 0 spiro atoms. The Balaban J connectivity index is 1.76. The molecule has 0 unspecified atom stereocenters. The average molecular weight is 362 g/mol. The maximum absolute atomic E-state index is 12.0. The van der Waals surface area contributed by atoms with E-state index in [1.54, 1.807) is 11.8 Å². The third-order valence-corrected chi connectivity index (χ3v) is 4.66. The molecule has 0 atom stereocenters. The minimum atomic E-state index is -0.276. The van der Waals surface area contributed by atoms with Crippen molar-refractivity contribution in [2.24, 2.45) is 7.05 Å². The lowest BCUT2D eigenvalue weighted by Gasteiger charge is -2.07. The van der Waals surface area contributed by atoms with Gasteiger partial charge in [0.25, 0.3) is 0 Å². The summed E-state index contributed by atoms with van der Waals surface area (Å²) < 4.78 is 6.79. The highest BCUT2D eigenvalue weighted by atomic mass is 32.2. The number of ether oxygens (including phenoxy) is 1. The molecule has 0 fully saturated rings. The van der Waals surface area contributed by atoms with Gasteiger partial charge in [-0.05, 0) is 38.1 Å². The summed E-state index contributed by atoms with van der Waals surface area (Å²) in [6.07, 6.45) is 0. The normalized spacial score (nSPS) is 10.4. The Kier molecular flexibility index (Phi) is 6.46. The average Bonchev–Trinajstić information content (AvgIpc) is 2.84. The number of methoxy groups -OCH3 is 1. The number of hydrogen-bond donors (Lipinski definition) is 2. The number of nitrogens with one attached hydrogen (secondary N) is 2. The van der Waals surface area contributed by atoms with Crippen molar-refractivity contribution in [1.29, 1.82) is 0 Å². The second-order valence-corrected chi connectivity index (χ2v) is 6.51. The summed E-state index contributed by atoms with van der Waals surface area (Å²) in [5.74, 6) is 0.536. The van der Waals surface area contributed by atoms with Gasteiger partial charge in [-0.1, -0.05) is 0 Å². The van der Waals surface area contributed by atoms with E-state index in [9.17, 15) is 9.59 Å². The SMILES string of the molecule is COc1ccc(SCC(=O)NCC(=O)Nc2c(C)nn(C)c2C)cc1. The Labute approximate surface area is 151 Å². The number of anilines is 1. The van der Waals surface area contributed by atoms with E-state index < -0.39 is 0 Å². The fraction of sp³-hybridized carbons (Fsp3) is 0.353. The molecule has 25 heavy (non-hydrogen) atoms. The van der Waals surface area contributed by atoms with Crippen molar-refractivity contribution in [3.8, 4) is 5.75 Å². The monoisotopic (exact) mass is 362 g/mol. The molecule has 0 saturated heterocycles. The van der Waals surface area contributed by atoms with Crippen LogP contribution in [0.5, 0.6) is 5.75 Å². The highest BCUT2D eigenvalue weighted by molar-refractivity contribution is 8.00. The minimum absolute atomic E-state index is 0.0736. The first-order valence-corrected chi connectivity index (χ1v) is 8.73. The summed E-state index contributed by atoms with van der Waals surface area (Å²) in [6.45, 7) is 3.63. The van der Waals surface area contributed by atoms with Gasteiger partial charge in [-0.2, -0.15) is 5.10 Å². The third-order valence-electron chi connectivity index (χ3n) is 3.65. The zero-order valence-electron chi connectivity index (χ0n) is 14.8. The summed E-state index contributed by atoms with van der Waals surface area (Å²) in [5.41, 5.74) is 2.30. The van der Waals surface area contributed by atoms with Gasteiger partial charge in [-0.15, -0.1) is 11.8 Å². The molecule has 0 aliphatic rings. The molecule has 1 heterocycles. The first kappa shape index (κ1) is 18.9. The van der Waals surface area contributed by atoms with Crippen LogP contribution in [0.4, 0.5) is 5.69 Å². The third kappa shape index (κ3) is 5.25. The van der Waals surface area contributed by atoms with Crippen molar-refractivity contribution in [2.75, 3.05) is 24.7 Å². The molecule has 0 bridgehead atoms. The molecule has 2 aromatic rings. The number of carbonyl (C=O) groups is 2. The Hall–Kier alpha value is -2.48. The summed E-state index contributed by atoms with van der Waals surface area (Å²) in [5, 5.41) is 9.64. The van der Waals surface area contributed by atoms with Crippen molar-refractivity contribution in [1.82, 2.24) is 15.1 Å². The van der Waals surface area contributed by atoms with E-state index in [4.69, 9.17) is 4.74 Å². The van der Waals surface area contributed by atoms with Crippen LogP contribution in [-0.4, -0.2) is 41.0 Å². The van der Waals surface area contributed by atoms with Gasteiger partial charge in [0.15, 0.2) is 0 Å². The van der Waals surface area contributed by atoms with Gasteiger partial charge in [-0.25, -0.2) is 0 Å². The van der Waals surface area contributed by atoms with Gasteiger partial charge in [0.05, 0.1) is 36.5 Å². The summed E-state index contributed by atoms with van der Waals surface area (Å²) in [4.78, 5) is 24.8. The van der Waals surface area contributed by atoms with E-state index >= 15 is 0 Å². The summed E-state index contributed by atoms with van der Waals surface area (Å²) in [7, 11) is 3.42. The van der Waals surface area contributed by atoms with E-state index in [0.29, 0.717) is 5.69 Å². The lowest BCUT2D eigenvalue weighted by Crippen LogP contribution is -2.34. The predicted molar refractivity (Wildman–Crippen MR) is 98.0 cm³/mol. The van der Waals surface area contributed by atoms with Crippen LogP contribution in [0.25, 0.3) is 0 Å². The van der Waals surface area contributed by atoms with Gasteiger partial charge in [0.1, 0.15) is 5.75 Å². The quantitative estimate of drug-likeness (QED) is 0.735. The van der Waals surface area contributed by atoms with Gasteiger partial charge in [0.2, 0.25) is 11.8 Å². The molecule has 0 aliphatic carbocycles. The first-order valence-electron chi connectivity index (χ1n) is 7.74. The van der Waals surface area contributed by atoms with Crippen molar-refractivity contribution >= 4 is 29.3 Å². The highest BCUT2D eigenvalue weighted by Gasteiger charge is 2.13. The van der Waals surface area contributed by atoms with Crippen LogP contribution in [0.15, 0.2) is 29.2 Å². The fourth-order valence-electron chi connectivity index (χ4n) is 2.19. The molecular formula is C17H22N4O3S. The topological polar surface area (TPSA) is 85.2 Å². The van der Waals surface area contributed by atoms with E-state index in [2.05, 4.69) is 15.7 Å². The fourth-order valence-corrected chi connectivity index (χ4v) is 2.92. The van der Waals surface area contributed by atoms with E-state index in [1.165, 1.54) is 11.8 Å². The highest BCUT2D eigenvalue weighted by Crippen LogP contribution is 2.21. The van der Waals surface area contributed by atoms with Crippen molar-refractivity contribution in [2.45, 2.75) is 18.7 Å². The van der Waals surface area contributed by atoms with Crippen molar-refractivity contribution in [3.63, 3.8) is 0 Å². The number of benzene rings is 1. The van der Waals surface area contributed by atoms with Crippen LogP contribution in [0, 0.1) is 13.8 Å². The molecule has 0 radical (unpaired) electrons. The molecule has 2 rings (SSSR count). The number of nitrogens with zero attached hydrogens (tertiary/aromatic N) is 2. The van der Waals surface area contributed by atoms with E-state index in [-0.39, 0.29) is 24.1 Å². The zero-order valence-corrected chi connectivity index (χ0v) is 15.6. The zero-order chi connectivity index (χ0) is 18.4. The Morgan fingerprint density at radius 2 is 1.88 bits per heavy atom. The van der Waals surface area contributed by atoms with Crippen LogP contribution in [0.1, 0.15) is 11.4 Å². The van der Waals surface area contributed by atoms with Crippen LogP contribution in [0.3, 0.4) is 0 Å². The summed E-state index contributed by atoms with van der Waals surface area (Å²) >= 11 is 1.40. The van der Waals surface area contributed by atoms with Crippen LogP contribution in [-0.2, 0) is 16.6 Å². The Bertz CT molecular complexity index is 756. The number of thioether (sulfide) groups is 1. The number of carbonyl (C=O) groups excluding carboxylic acids is 2. The van der Waals surface area contributed by atoms with Crippen LogP contribution < -0.4 is 15.4 Å². The molecule has 2 N–H and O–H groups in total. The molecule has 2 amide bonds. The smallest absolute Gasteiger partial charge is 0.243 e. The number of rotatable bonds is 7. The molecule has 0 saturated carbocycles. The second-order valence-electron chi connectivity index (χ2n) is 5.46.